The minimum absolute atomic E-state index is 0.0177. The van der Waals surface area contributed by atoms with Crippen LogP contribution in [0.15, 0.2) is 29.1 Å². The highest BCUT2D eigenvalue weighted by Crippen LogP contribution is 2.31. The predicted octanol–water partition coefficient (Wildman–Crippen LogP) is 2.10. The Morgan fingerprint density at radius 1 is 1.14 bits per heavy atom. The third-order valence-corrected chi connectivity index (χ3v) is 6.78. The number of hydrogen-bond donors (Lipinski definition) is 2. The number of rotatable bonds is 4. The SMILES string of the molecule is Cc1cccc2cc([C@@H](c3nnnn3C3CCCC3)[NH+]3CCCCC3)c(=O)[nH]c12. The zero-order valence-corrected chi connectivity index (χ0v) is 17.0. The van der Waals surface area contributed by atoms with Crippen molar-refractivity contribution in [1.82, 2.24) is 25.2 Å². The van der Waals surface area contributed by atoms with Gasteiger partial charge in [-0.15, -0.1) is 5.10 Å². The van der Waals surface area contributed by atoms with E-state index in [0.717, 1.165) is 53.8 Å². The summed E-state index contributed by atoms with van der Waals surface area (Å²) in [6.07, 6.45) is 8.31. The highest BCUT2D eigenvalue weighted by Gasteiger charge is 2.36. The average Bonchev–Trinajstić information content (AvgIpc) is 3.42. The molecule has 7 nitrogen and oxygen atoms in total. The number of nitrogens with one attached hydrogen (secondary N) is 2. The fourth-order valence-corrected chi connectivity index (χ4v) is 5.25. The Bertz CT molecular complexity index is 1060. The molecule has 1 saturated carbocycles. The molecule has 1 aliphatic heterocycles. The fraction of sp³-hybridized carbons (Fsp3) is 0.545. The number of likely N-dealkylation sites (tertiary alicyclic amines) is 1. The summed E-state index contributed by atoms with van der Waals surface area (Å²) in [7, 11) is 0. The molecule has 0 bridgehead atoms. The van der Waals surface area contributed by atoms with Gasteiger partial charge < -0.3 is 9.88 Å². The molecule has 0 unspecified atom stereocenters. The number of fused-ring (bicyclic) bond motifs is 1. The van der Waals surface area contributed by atoms with Crippen molar-refractivity contribution >= 4 is 10.9 Å². The van der Waals surface area contributed by atoms with Crippen molar-refractivity contribution in [1.29, 1.82) is 0 Å². The van der Waals surface area contributed by atoms with Crippen LogP contribution in [0.1, 0.15) is 74.0 Å². The van der Waals surface area contributed by atoms with Crippen molar-refractivity contribution in [2.45, 2.75) is 64.0 Å². The fourth-order valence-electron chi connectivity index (χ4n) is 5.25. The third-order valence-electron chi connectivity index (χ3n) is 6.78. The van der Waals surface area contributed by atoms with Crippen LogP contribution in [-0.4, -0.2) is 38.3 Å². The van der Waals surface area contributed by atoms with Gasteiger partial charge >= 0.3 is 0 Å². The van der Waals surface area contributed by atoms with E-state index in [1.54, 1.807) is 0 Å². The normalized spacial score (nSPS) is 19.8. The molecule has 29 heavy (non-hydrogen) atoms. The van der Waals surface area contributed by atoms with Gasteiger partial charge in [-0.05, 0) is 66.5 Å². The Morgan fingerprint density at radius 2 is 1.93 bits per heavy atom. The molecule has 3 heterocycles. The number of aromatic nitrogens is 5. The predicted molar refractivity (Wildman–Crippen MR) is 111 cm³/mol. The second kappa shape index (κ2) is 7.71. The highest BCUT2D eigenvalue weighted by molar-refractivity contribution is 5.82. The van der Waals surface area contributed by atoms with Gasteiger partial charge in [0.2, 0.25) is 5.82 Å². The lowest BCUT2D eigenvalue weighted by atomic mass is 9.99. The zero-order valence-electron chi connectivity index (χ0n) is 17.0. The number of para-hydroxylation sites is 1. The standard InChI is InChI=1S/C22H28N6O/c1-15-8-7-9-16-14-18(22(29)23-19(15)16)20(27-12-5-2-6-13-27)21-24-25-26-28(21)17-10-3-4-11-17/h7-9,14,17,20H,2-6,10-13H2,1H3,(H,23,29)/p+1/t20-/m0/s1. The largest absolute Gasteiger partial charge is 0.322 e. The molecule has 2 aromatic heterocycles. The van der Waals surface area contributed by atoms with Crippen molar-refractivity contribution in [3.63, 3.8) is 0 Å². The van der Waals surface area contributed by atoms with Gasteiger partial charge in [0.05, 0.1) is 30.2 Å². The van der Waals surface area contributed by atoms with Crippen molar-refractivity contribution in [3.8, 4) is 0 Å². The molecule has 2 fully saturated rings. The smallest absolute Gasteiger partial charge is 0.258 e. The second-order valence-electron chi connectivity index (χ2n) is 8.66. The van der Waals surface area contributed by atoms with E-state index in [-0.39, 0.29) is 11.6 Å². The van der Waals surface area contributed by atoms with Crippen LogP contribution in [0.25, 0.3) is 10.9 Å². The number of hydrogen-bond acceptors (Lipinski definition) is 4. The van der Waals surface area contributed by atoms with Crippen LogP contribution in [0.5, 0.6) is 0 Å². The van der Waals surface area contributed by atoms with E-state index < -0.39 is 0 Å². The highest BCUT2D eigenvalue weighted by atomic mass is 16.1. The Hall–Kier alpha value is -2.54. The van der Waals surface area contributed by atoms with E-state index in [2.05, 4.69) is 32.6 Å². The van der Waals surface area contributed by atoms with Gasteiger partial charge in [-0.2, -0.15) is 0 Å². The lowest BCUT2D eigenvalue weighted by Crippen LogP contribution is -3.13. The number of aryl methyl sites for hydroxylation is 1. The molecule has 5 rings (SSSR count). The maximum Gasteiger partial charge on any atom is 0.258 e. The van der Waals surface area contributed by atoms with Crippen LogP contribution in [-0.2, 0) is 0 Å². The van der Waals surface area contributed by atoms with Gasteiger partial charge in [-0.3, -0.25) is 4.79 Å². The minimum Gasteiger partial charge on any atom is -0.322 e. The number of H-pyrrole nitrogens is 1. The van der Waals surface area contributed by atoms with Crippen molar-refractivity contribution < 1.29 is 4.90 Å². The molecule has 2 aliphatic rings. The molecule has 2 N–H and O–H groups in total. The molecule has 1 saturated heterocycles. The first-order chi connectivity index (χ1) is 14.2. The topological polar surface area (TPSA) is 80.9 Å². The summed E-state index contributed by atoms with van der Waals surface area (Å²) in [5, 5.41) is 14.0. The Morgan fingerprint density at radius 3 is 2.72 bits per heavy atom. The van der Waals surface area contributed by atoms with E-state index in [1.165, 1.54) is 37.0 Å². The summed E-state index contributed by atoms with van der Waals surface area (Å²) in [5.74, 6) is 0.853. The number of tetrazole rings is 1. The number of aromatic amines is 1. The zero-order chi connectivity index (χ0) is 19.8. The van der Waals surface area contributed by atoms with E-state index >= 15 is 0 Å². The number of nitrogens with zero attached hydrogens (tertiary/aromatic N) is 4. The van der Waals surface area contributed by atoms with E-state index in [0.29, 0.717) is 6.04 Å². The molecule has 0 spiro atoms. The van der Waals surface area contributed by atoms with Crippen LogP contribution in [0, 0.1) is 6.92 Å². The summed E-state index contributed by atoms with van der Waals surface area (Å²) in [6.45, 7) is 4.13. The number of piperidine rings is 1. The van der Waals surface area contributed by atoms with Crippen LogP contribution in [0.4, 0.5) is 0 Å². The maximum absolute atomic E-state index is 13.3. The van der Waals surface area contributed by atoms with Crippen LogP contribution >= 0.6 is 0 Å². The third kappa shape index (κ3) is 3.37. The molecule has 1 aliphatic carbocycles. The summed E-state index contributed by atoms with van der Waals surface area (Å²) in [4.78, 5) is 17.8. The molecule has 0 radical (unpaired) electrons. The van der Waals surface area contributed by atoms with Crippen molar-refractivity contribution in [3.05, 3.63) is 51.6 Å². The lowest BCUT2D eigenvalue weighted by molar-refractivity contribution is -0.931. The van der Waals surface area contributed by atoms with Gasteiger partial charge in [0, 0.05) is 0 Å². The first-order valence-electron chi connectivity index (χ1n) is 11.0. The van der Waals surface area contributed by atoms with Crippen LogP contribution < -0.4 is 10.5 Å². The summed E-state index contributed by atoms with van der Waals surface area (Å²) in [5.41, 5.74) is 2.78. The lowest BCUT2D eigenvalue weighted by Gasteiger charge is -2.31. The number of quaternary nitrogens is 1. The van der Waals surface area contributed by atoms with Gasteiger partial charge in [0.1, 0.15) is 0 Å². The Labute approximate surface area is 170 Å². The molecule has 1 atom stereocenters. The number of benzene rings is 1. The molecule has 3 aromatic rings. The molecular weight excluding hydrogens is 364 g/mol. The van der Waals surface area contributed by atoms with Crippen LogP contribution in [0.3, 0.4) is 0 Å². The summed E-state index contributed by atoms with van der Waals surface area (Å²) in [6, 6.07) is 8.45. The van der Waals surface area contributed by atoms with Crippen LogP contribution in [0.2, 0.25) is 0 Å². The van der Waals surface area contributed by atoms with Crippen molar-refractivity contribution in [2.24, 2.45) is 0 Å². The van der Waals surface area contributed by atoms with E-state index in [1.807, 2.05) is 23.7 Å². The Kier molecular flexibility index (Phi) is 4.91. The minimum atomic E-state index is -0.125. The molecule has 1 aromatic carbocycles. The molecule has 152 valence electrons. The van der Waals surface area contributed by atoms with Gasteiger partial charge in [-0.25, -0.2) is 4.68 Å². The monoisotopic (exact) mass is 393 g/mol. The molecule has 0 amide bonds. The van der Waals surface area contributed by atoms with E-state index in [9.17, 15) is 4.79 Å². The quantitative estimate of drug-likeness (QED) is 0.711. The van der Waals surface area contributed by atoms with Crippen molar-refractivity contribution in [2.75, 3.05) is 13.1 Å². The van der Waals surface area contributed by atoms with Gasteiger partial charge in [-0.1, -0.05) is 31.0 Å². The summed E-state index contributed by atoms with van der Waals surface area (Å²) >= 11 is 0. The van der Waals surface area contributed by atoms with E-state index in [4.69, 9.17) is 0 Å². The number of pyridine rings is 1. The first-order valence-corrected chi connectivity index (χ1v) is 11.0. The first kappa shape index (κ1) is 18.5. The maximum atomic E-state index is 13.3. The molecule has 7 heteroatoms. The Balaban J connectivity index is 1.66. The second-order valence-corrected chi connectivity index (χ2v) is 8.66. The molecular formula is C22H29N6O+. The van der Waals surface area contributed by atoms with Gasteiger partial charge in [0.15, 0.2) is 6.04 Å². The summed E-state index contributed by atoms with van der Waals surface area (Å²) < 4.78 is 2.03. The average molecular weight is 394 g/mol. The van der Waals surface area contributed by atoms with Gasteiger partial charge in [0.25, 0.3) is 5.56 Å².